The molecular formula is C46H34N4O3. The van der Waals surface area contributed by atoms with Gasteiger partial charge >= 0.3 is 0 Å². The van der Waals surface area contributed by atoms with Crippen molar-refractivity contribution in [3.63, 3.8) is 0 Å². The number of aromatic hydroxyl groups is 1. The van der Waals surface area contributed by atoms with Crippen LogP contribution in [-0.2, 0) is 0 Å². The Kier molecular flexibility index (Phi) is 7.93. The maximum Gasteiger partial charge on any atom is 0.200 e. The minimum atomic E-state index is -0.0670. The van der Waals surface area contributed by atoms with Gasteiger partial charge in [0.15, 0.2) is 11.5 Å². The number of ether oxygens (including phenoxy) is 2. The minimum absolute atomic E-state index is 0.0670. The Hall–Kier alpha value is -7.12. The van der Waals surface area contributed by atoms with Crippen LogP contribution in [0.2, 0.25) is 0 Å². The lowest BCUT2D eigenvalue weighted by atomic mass is 10.0. The molecule has 7 aromatic rings. The van der Waals surface area contributed by atoms with Gasteiger partial charge in [-0.2, -0.15) is 0 Å². The largest absolute Gasteiger partial charge is 0.502 e. The van der Waals surface area contributed by atoms with Crippen molar-refractivity contribution in [2.45, 2.75) is 0 Å². The number of rotatable bonds is 6. The molecule has 0 saturated carbocycles. The van der Waals surface area contributed by atoms with Crippen molar-refractivity contribution in [1.82, 2.24) is 19.9 Å². The summed E-state index contributed by atoms with van der Waals surface area (Å²) in [7, 11) is 3.06. The number of benzene rings is 4. The second-order valence-corrected chi connectivity index (χ2v) is 12.8. The number of hydrogen-bond donors (Lipinski definition) is 3. The first-order valence-electron chi connectivity index (χ1n) is 17.4. The molecule has 9 rings (SSSR count). The molecule has 0 spiro atoms. The number of aromatic nitrogens is 4. The van der Waals surface area contributed by atoms with Crippen LogP contribution >= 0.6 is 0 Å². The van der Waals surface area contributed by atoms with Crippen molar-refractivity contribution >= 4 is 46.4 Å². The maximum atomic E-state index is 10.9. The minimum Gasteiger partial charge on any atom is -0.502 e. The van der Waals surface area contributed by atoms with Crippen molar-refractivity contribution in [3.8, 4) is 61.8 Å². The standard InChI is InChI=1S/C46H34N4O3/c1-52-40-26-31(27-41(53-2)46(40)51)45-38-24-22-36(49-38)43(29-14-8-4-9-15-29)34-20-18-32(47-34)42(28-12-6-3-7-13-28)33-19-21-35(48-33)44(30-16-10-5-11-17-30)37-23-25-39(45)50-37/h3-27,47,50-51H,1-2H3. The topological polar surface area (TPSA) is 96.1 Å². The molecule has 7 nitrogen and oxygen atoms in total. The maximum absolute atomic E-state index is 10.9. The fourth-order valence-electron chi connectivity index (χ4n) is 7.27. The quantitative estimate of drug-likeness (QED) is 0.161. The number of phenolic OH excluding ortho intramolecular Hbond substituents is 1. The summed E-state index contributed by atoms with van der Waals surface area (Å²) in [5.74, 6) is 0.523. The van der Waals surface area contributed by atoms with E-state index in [1.54, 1.807) is 0 Å². The van der Waals surface area contributed by atoms with Crippen LogP contribution in [0.4, 0.5) is 0 Å². The Morgan fingerprint density at radius 3 is 1.02 bits per heavy atom. The molecule has 256 valence electrons. The second kappa shape index (κ2) is 13.2. The Morgan fingerprint density at radius 1 is 0.415 bits per heavy atom. The van der Waals surface area contributed by atoms with Gasteiger partial charge in [-0.15, -0.1) is 0 Å². The van der Waals surface area contributed by atoms with Gasteiger partial charge in [0.1, 0.15) is 0 Å². The van der Waals surface area contributed by atoms with Crippen LogP contribution in [-0.4, -0.2) is 39.3 Å². The van der Waals surface area contributed by atoms with Crippen LogP contribution in [0, 0.1) is 0 Å². The van der Waals surface area contributed by atoms with E-state index in [-0.39, 0.29) is 5.75 Å². The average Bonchev–Trinajstić information content (AvgIpc) is 4.04. The molecule has 0 unspecified atom stereocenters. The molecule has 0 amide bonds. The molecule has 0 atom stereocenters. The monoisotopic (exact) mass is 690 g/mol. The number of hydrogen-bond acceptors (Lipinski definition) is 5. The zero-order chi connectivity index (χ0) is 35.9. The fraction of sp³-hybridized carbons (Fsp3) is 0.0435. The number of H-pyrrole nitrogens is 2. The van der Waals surface area contributed by atoms with Crippen LogP contribution < -0.4 is 9.47 Å². The van der Waals surface area contributed by atoms with E-state index in [0.29, 0.717) is 11.5 Å². The van der Waals surface area contributed by atoms with Gasteiger partial charge in [-0.05, 0) is 83.0 Å². The third-order valence-electron chi connectivity index (χ3n) is 9.71. The van der Waals surface area contributed by atoms with Gasteiger partial charge in [0, 0.05) is 44.3 Å². The van der Waals surface area contributed by atoms with Gasteiger partial charge < -0.3 is 24.5 Å². The summed E-state index contributed by atoms with van der Waals surface area (Å²) < 4.78 is 11.2. The Labute approximate surface area is 306 Å². The van der Waals surface area contributed by atoms with Crippen molar-refractivity contribution in [1.29, 1.82) is 0 Å². The normalized spacial score (nSPS) is 11.9. The van der Waals surface area contributed by atoms with E-state index in [1.807, 2.05) is 60.7 Å². The van der Waals surface area contributed by atoms with E-state index >= 15 is 0 Å². The highest BCUT2D eigenvalue weighted by Crippen LogP contribution is 2.43. The van der Waals surface area contributed by atoms with Gasteiger partial charge in [0.25, 0.3) is 0 Å². The predicted octanol–water partition coefficient (Wildman–Crippen LogP) is 11.0. The van der Waals surface area contributed by atoms with E-state index in [9.17, 15) is 5.11 Å². The third kappa shape index (κ3) is 5.65. The van der Waals surface area contributed by atoms with Crippen LogP contribution in [0.15, 0.2) is 127 Å². The number of nitrogens with one attached hydrogen (secondary N) is 2. The van der Waals surface area contributed by atoms with Gasteiger partial charge in [0.05, 0.1) is 37.0 Å². The first-order valence-corrected chi connectivity index (χ1v) is 17.4. The number of phenols is 1. The number of nitrogens with zero attached hydrogens (tertiary/aromatic N) is 2. The van der Waals surface area contributed by atoms with Crippen LogP contribution in [0.1, 0.15) is 22.8 Å². The molecule has 0 radical (unpaired) electrons. The summed E-state index contributed by atoms with van der Waals surface area (Å²) in [6.45, 7) is 0. The van der Waals surface area contributed by atoms with Crippen LogP contribution in [0.3, 0.4) is 0 Å². The zero-order valence-electron chi connectivity index (χ0n) is 29.1. The van der Waals surface area contributed by atoms with E-state index in [1.165, 1.54) is 14.2 Å². The summed E-state index contributed by atoms with van der Waals surface area (Å²) in [4.78, 5) is 18.2. The molecule has 2 aliphatic heterocycles. The molecule has 0 fully saturated rings. The first kappa shape index (κ1) is 31.8. The van der Waals surface area contributed by atoms with Crippen molar-refractivity contribution in [3.05, 3.63) is 150 Å². The molecule has 53 heavy (non-hydrogen) atoms. The molecule has 0 aliphatic carbocycles. The van der Waals surface area contributed by atoms with Gasteiger partial charge in [-0.3, -0.25) is 0 Å². The lowest BCUT2D eigenvalue weighted by Crippen LogP contribution is -1.93. The second-order valence-electron chi connectivity index (χ2n) is 12.8. The molecule has 7 heteroatoms. The molecule has 3 aromatic heterocycles. The van der Waals surface area contributed by atoms with E-state index in [4.69, 9.17) is 19.4 Å². The highest BCUT2D eigenvalue weighted by Gasteiger charge is 2.20. The number of methoxy groups -OCH3 is 2. The highest BCUT2D eigenvalue weighted by molar-refractivity contribution is 6.00. The molecule has 5 heterocycles. The molecule has 2 aliphatic rings. The van der Waals surface area contributed by atoms with Crippen molar-refractivity contribution in [2.75, 3.05) is 14.2 Å². The number of aromatic amines is 2. The van der Waals surface area contributed by atoms with Gasteiger partial charge in [0.2, 0.25) is 5.75 Å². The van der Waals surface area contributed by atoms with E-state index in [2.05, 4.69) is 101 Å². The lowest BCUT2D eigenvalue weighted by Gasteiger charge is -2.12. The van der Waals surface area contributed by atoms with Crippen LogP contribution in [0.5, 0.6) is 17.2 Å². The van der Waals surface area contributed by atoms with Gasteiger partial charge in [-0.25, -0.2) is 9.97 Å². The van der Waals surface area contributed by atoms with Crippen molar-refractivity contribution in [2.24, 2.45) is 0 Å². The lowest BCUT2D eigenvalue weighted by molar-refractivity contribution is 0.340. The smallest absolute Gasteiger partial charge is 0.200 e. The Morgan fingerprint density at radius 2 is 0.717 bits per heavy atom. The first-order chi connectivity index (χ1) is 26.1. The van der Waals surface area contributed by atoms with E-state index < -0.39 is 0 Å². The zero-order valence-corrected chi connectivity index (χ0v) is 29.1. The third-order valence-corrected chi connectivity index (χ3v) is 9.71. The fourth-order valence-corrected chi connectivity index (χ4v) is 7.27. The highest BCUT2D eigenvalue weighted by atomic mass is 16.5. The summed E-state index contributed by atoms with van der Waals surface area (Å²) in [5.41, 5.74) is 14.5. The molecule has 4 aromatic carbocycles. The van der Waals surface area contributed by atoms with Crippen molar-refractivity contribution < 1.29 is 14.6 Å². The molecular weight excluding hydrogens is 657 g/mol. The summed E-state index contributed by atoms with van der Waals surface area (Å²) in [5, 5.41) is 10.9. The SMILES string of the molecule is COc1cc(-c2c3nc(c(-c4ccccc4)c4ccc([nH]4)c(-c4ccccc4)c4nc(c(-c5ccccc5)c5ccc2[nH]5)C=C4)C=C3)cc(OC)c1O. The Balaban J connectivity index is 1.48. The van der Waals surface area contributed by atoms with Gasteiger partial charge in [-0.1, -0.05) is 91.0 Å². The summed E-state index contributed by atoms with van der Waals surface area (Å²) >= 11 is 0. The molecule has 3 N–H and O–H groups in total. The predicted molar refractivity (Wildman–Crippen MR) is 215 cm³/mol. The van der Waals surface area contributed by atoms with Crippen LogP contribution in [0.25, 0.3) is 90.9 Å². The average molecular weight is 691 g/mol. The van der Waals surface area contributed by atoms with E-state index in [0.717, 1.165) is 89.4 Å². The molecule has 0 saturated heterocycles. The summed E-state index contributed by atoms with van der Waals surface area (Å²) in [6.07, 6.45) is 8.29. The molecule has 8 bridgehead atoms. The summed E-state index contributed by atoms with van der Waals surface area (Å²) in [6, 6.07) is 43.0. The number of fused-ring (bicyclic) bond motifs is 8. The Bertz CT molecular complexity index is 2680.